The van der Waals surface area contributed by atoms with Crippen LogP contribution < -0.4 is 4.58 Å². The van der Waals surface area contributed by atoms with Crippen molar-refractivity contribution in [1.82, 2.24) is 9.56 Å². The molecular formula is C43H39N2S+. The molecule has 0 aliphatic heterocycles. The molecule has 0 radical (unpaired) electrons. The van der Waals surface area contributed by atoms with Crippen molar-refractivity contribution in [3.8, 4) is 21.0 Å². The Kier molecular flexibility index (Phi) is 8.11. The lowest BCUT2D eigenvalue weighted by atomic mass is 9.92. The SMILES string of the molecule is C/C(c1cccc(-c2ccc(-c3c4ccccc4cc4ccccc34)s2)n1)=[N+](/c1ccccc1)c1c(C(C)C)cccc1C(C)C. The number of hydrogen-bond donors (Lipinski definition) is 0. The van der Waals surface area contributed by atoms with Crippen LogP contribution in [0.25, 0.3) is 42.6 Å². The van der Waals surface area contributed by atoms with Gasteiger partial charge in [-0.3, -0.25) is 0 Å². The Morgan fingerprint density at radius 2 is 1.15 bits per heavy atom. The molecular weight excluding hydrogens is 577 g/mol. The Hall–Kier alpha value is -4.86. The van der Waals surface area contributed by atoms with Crippen LogP contribution in [0.1, 0.15) is 63.3 Å². The fourth-order valence-corrected chi connectivity index (χ4v) is 7.66. The summed E-state index contributed by atoms with van der Waals surface area (Å²) in [6.45, 7) is 11.4. The maximum atomic E-state index is 5.33. The van der Waals surface area contributed by atoms with Gasteiger partial charge in [0, 0.05) is 40.6 Å². The molecule has 0 saturated carbocycles. The molecule has 0 spiro atoms. The molecule has 226 valence electrons. The number of fused-ring (bicyclic) bond motifs is 2. The molecule has 0 fully saturated rings. The average molecular weight is 616 g/mol. The Bertz CT molecular complexity index is 2140. The minimum atomic E-state index is 0.377. The van der Waals surface area contributed by atoms with Gasteiger partial charge in [0.05, 0.1) is 10.6 Å². The molecule has 0 atom stereocenters. The second kappa shape index (κ2) is 12.5. The van der Waals surface area contributed by atoms with Crippen LogP contribution in [0.3, 0.4) is 0 Å². The first kappa shape index (κ1) is 29.8. The summed E-state index contributed by atoms with van der Waals surface area (Å²) >= 11 is 1.82. The van der Waals surface area contributed by atoms with E-state index >= 15 is 0 Å². The number of nitrogens with zero attached hydrogens (tertiary/aromatic N) is 2. The quantitative estimate of drug-likeness (QED) is 0.0989. The Morgan fingerprint density at radius 3 is 1.78 bits per heavy atom. The lowest BCUT2D eigenvalue weighted by Crippen LogP contribution is -2.20. The molecule has 0 saturated heterocycles. The molecule has 0 aliphatic carbocycles. The summed E-state index contributed by atoms with van der Waals surface area (Å²) in [6, 6.07) is 48.2. The summed E-state index contributed by atoms with van der Waals surface area (Å²) in [6.07, 6.45) is 0. The Labute approximate surface area is 276 Å². The molecule has 5 aromatic carbocycles. The van der Waals surface area contributed by atoms with E-state index in [9.17, 15) is 0 Å². The van der Waals surface area contributed by atoms with Gasteiger partial charge in [0.2, 0.25) is 17.1 Å². The third kappa shape index (κ3) is 5.46. The molecule has 0 bridgehead atoms. The predicted molar refractivity (Wildman–Crippen MR) is 200 cm³/mol. The predicted octanol–water partition coefficient (Wildman–Crippen LogP) is 12.4. The molecule has 3 heteroatoms. The summed E-state index contributed by atoms with van der Waals surface area (Å²) < 4.78 is 2.43. The summed E-state index contributed by atoms with van der Waals surface area (Å²) in [5.74, 6) is 0.753. The Balaban J connectivity index is 1.39. The van der Waals surface area contributed by atoms with Gasteiger partial charge in [-0.2, -0.15) is 4.58 Å². The normalized spacial score (nSPS) is 12.3. The second-order valence-electron chi connectivity index (χ2n) is 12.6. The van der Waals surface area contributed by atoms with Gasteiger partial charge in [-0.25, -0.2) is 4.98 Å². The van der Waals surface area contributed by atoms with Crippen molar-refractivity contribution in [2.24, 2.45) is 0 Å². The zero-order chi connectivity index (χ0) is 31.8. The van der Waals surface area contributed by atoms with Crippen LogP contribution in [0.15, 0.2) is 133 Å². The van der Waals surface area contributed by atoms with Crippen LogP contribution >= 0.6 is 11.3 Å². The van der Waals surface area contributed by atoms with Gasteiger partial charge in [-0.15, -0.1) is 11.3 Å². The van der Waals surface area contributed by atoms with Crippen molar-refractivity contribution in [2.45, 2.75) is 46.5 Å². The second-order valence-corrected chi connectivity index (χ2v) is 13.7. The first-order chi connectivity index (χ1) is 22.4. The first-order valence-electron chi connectivity index (χ1n) is 16.2. The van der Waals surface area contributed by atoms with Crippen molar-refractivity contribution in [1.29, 1.82) is 0 Å². The van der Waals surface area contributed by atoms with Gasteiger partial charge in [0.15, 0.2) is 0 Å². The first-order valence-corrected chi connectivity index (χ1v) is 17.0. The molecule has 0 unspecified atom stereocenters. The molecule has 46 heavy (non-hydrogen) atoms. The van der Waals surface area contributed by atoms with Gasteiger partial charge in [0.1, 0.15) is 5.69 Å². The maximum Gasteiger partial charge on any atom is 0.218 e. The van der Waals surface area contributed by atoms with E-state index in [0.717, 1.165) is 22.8 Å². The summed E-state index contributed by atoms with van der Waals surface area (Å²) in [7, 11) is 0. The van der Waals surface area contributed by atoms with Crippen molar-refractivity contribution in [3.63, 3.8) is 0 Å². The Morgan fingerprint density at radius 1 is 0.587 bits per heavy atom. The maximum absolute atomic E-state index is 5.33. The minimum absolute atomic E-state index is 0.377. The summed E-state index contributed by atoms with van der Waals surface area (Å²) in [5.41, 5.74) is 9.47. The van der Waals surface area contributed by atoms with E-state index in [-0.39, 0.29) is 0 Å². The van der Waals surface area contributed by atoms with Gasteiger partial charge < -0.3 is 0 Å². The number of aromatic nitrogens is 1. The van der Waals surface area contributed by atoms with Crippen LogP contribution in [0, 0.1) is 0 Å². The van der Waals surface area contributed by atoms with E-state index in [1.54, 1.807) is 0 Å². The van der Waals surface area contributed by atoms with Crippen molar-refractivity contribution < 1.29 is 0 Å². The molecule has 2 nitrogen and oxygen atoms in total. The lowest BCUT2D eigenvalue weighted by molar-refractivity contribution is 0.812. The minimum Gasteiger partial charge on any atom is -0.241 e. The van der Waals surface area contributed by atoms with Crippen LogP contribution in [0.2, 0.25) is 0 Å². The highest BCUT2D eigenvalue weighted by molar-refractivity contribution is 7.19. The monoisotopic (exact) mass is 615 g/mol. The van der Waals surface area contributed by atoms with Crippen LogP contribution in [-0.4, -0.2) is 10.7 Å². The molecule has 0 amide bonds. The standard InChI is InChI=1S/C43H39N2S/c1-28(2)34-21-13-22-35(29(3)4)43(34)45(33-17-7-6-8-18-33)30(5)38-23-14-24-39(44-38)40-25-26-41(46-40)42-36-19-11-9-15-31(36)27-32-16-10-12-20-37(32)42/h6-29H,1-5H3/q+1/b45-30+. The molecule has 7 aromatic rings. The number of para-hydroxylation sites is 2. The smallest absolute Gasteiger partial charge is 0.218 e. The molecule has 0 N–H and O–H groups in total. The number of rotatable bonds is 7. The number of benzene rings is 5. The number of thiophene rings is 1. The van der Waals surface area contributed by atoms with E-state index in [1.807, 2.05) is 11.3 Å². The van der Waals surface area contributed by atoms with Gasteiger partial charge in [-0.1, -0.05) is 119 Å². The largest absolute Gasteiger partial charge is 0.241 e. The fourth-order valence-electron chi connectivity index (χ4n) is 6.61. The third-order valence-electron chi connectivity index (χ3n) is 8.91. The van der Waals surface area contributed by atoms with E-state index in [2.05, 4.69) is 173 Å². The van der Waals surface area contributed by atoms with Gasteiger partial charge in [0.25, 0.3) is 0 Å². The molecule has 2 heterocycles. The summed E-state index contributed by atoms with van der Waals surface area (Å²) in [4.78, 5) is 7.75. The van der Waals surface area contributed by atoms with Crippen LogP contribution in [-0.2, 0) is 0 Å². The van der Waals surface area contributed by atoms with E-state index in [1.165, 1.54) is 53.7 Å². The van der Waals surface area contributed by atoms with Crippen molar-refractivity contribution in [2.75, 3.05) is 0 Å². The third-order valence-corrected chi connectivity index (χ3v) is 10.0. The molecule has 7 rings (SSSR count). The van der Waals surface area contributed by atoms with Crippen molar-refractivity contribution in [3.05, 3.63) is 150 Å². The summed E-state index contributed by atoms with van der Waals surface area (Å²) in [5, 5.41) is 5.09. The van der Waals surface area contributed by atoms with Crippen molar-refractivity contribution >= 4 is 50.0 Å². The number of hydrogen-bond acceptors (Lipinski definition) is 2. The van der Waals surface area contributed by atoms with E-state index in [4.69, 9.17) is 4.98 Å². The molecule has 2 aromatic heterocycles. The topological polar surface area (TPSA) is 15.9 Å². The van der Waals surface area contributed by atoms with Crippen LogP contribution in [0.4, 0.5) is 11.4 Å². The van der Waals surface area contributed by atoms with E-state index in [0.29, 0.717) is 11.8 Å². The zero-order valence-corrected chi connectivity index (χ0v) is 28.0. The number of pyridine rings is 1. The highest BCUT2D eigenvalue weighted by atomic mass is 32.1. The highest BCUT2D eigenvalue weighted by Gasteiger charge is 2.28. The van der Waals surface area contributed by atoms with Crippen LogP contribution in [0.5, 0.6) is 0 Å². The van der Waals surface area contributed by atoms with Gasteiger partial charge in [-0.05, 0) is 63.7 Å². The fraction of sp³-hybridized carbons (Fsp3) is 0.163. The van der Waals surface area contributed by atoms with Gasteiger partial charge >= 0.3 is 0 Å². The van der Waals surface area contributed by atoms with E-state index < -0.39 is 0 Å². The molecule has 0 aliphatic rings. The zero-order valence-electron chi connectivity index (χ0n) is 27.2. The highest BCUT2D eigenvalue weighted by Crippen LogP contribution is 2.42. The average Bonchev–Trinajstić information content (AvgIpc) is 3.57. The lowest BCUT2D eigenvalue weighted by Gasteiger charge is -2.18.